The first-order valence-corrected chi connectivity index (χ1v) is 12.0. The molecule has 0 radical (unpaired) electrons. The number of methoxy groups -OCH3 is 5. The minimum absolute atomic E-state index is 0.0234. The first-order chi connectivity index (χ1) is 17.3. The van der Waals surface area contributed by atoms with Crippen LogP contribution in [0.1, 0.15) is 32.3 Å². The van der Waals surface area contributed by atoms with Crippen molar-refractivity contribution in [3.63, 3.8) is 0 Å². The van der Waals surface area contributed by atoms with Crippen LogP contribution in [0.3, 0.4) is 0 Å². The van der Waals surface area contributed by atoms with E-state index >= 15 is 0 Å². The van der Waals surface area contributed by atoms with Crippen LogP contribution in [0.15, 0.2) is 36.9 Å². The highest BCUT2D eigenvalue weighted by molar-refractivity contribution is 5.85. The summed E-state index contributed by atoms with van der Waals surface area (Å²) in [4.78, 5) is 12.9. The molecule has 1 rings (SSSR count). The predicted molar refractivity (Wildman–Crippen MR) is 136 cm³/mol. The van der Waals surface area contributed by atoms with Crippen molar-refractivity contribution in [1.29, 1.82) is 0 Å². The second-order valence-corrected chi connectivity index (χ2v) is 8.63. The van der Waals surface area contributed by atoms with Gasteiger partial charge >= 0.3 is 0 Å². The van der Waals surface area contributed by atoms with Gasteiger partial charge in [0.2, 0.25) is 0 Å². The Kier molecular flexibility index (Phi) is 16.4. The van der Waals surface area contributed by atoms with Gasteiger partial charge in [0.15, 0.2) is 5.78 Å². The van der Waals surface area contributed by atoms with Gasteiger partial charge < -0.3 is 37.9 Å². The lowest BCUT2D eigenvalue weighted by molar-refractivity contribution is -0.163. The maximum absolute atomic E-state index is 12.9. The van der Waals surface area contributed by atoms with Crippen LogP contribution in [0.5, 0.6) is 5.75 Å². The van der Waals surface area contributed by atoms with Crippen molar-refractivity contribution < 1.29 is 42.7 Å². The van der Waals surface area contributed by atoms with Crippen LogP contribution < -0.4 is 4.74 Å². The topological polar surface area (TPSA) is 90.9 Å². The smallest absolute Gasteiger partial charge is 0.166 e. The second-order valence-electron chi connectivity index (χ2n) is 8.63. The largest absolute Gasteiger partial charge is 0.497 e. The van der Waals surface area contributed by atoms with Crippen LogP contribution in [0.4, 0.5) is 0 Å². The van der Waals surface area contributed by atoms with Crippen LogP contribution in [-0.2, 0) is 44.6 Å². The number of carbonyl (C=O) groups excluding carboxylic acids is 1. The molecule has 1 aromatic rings. The van der Waals surface area contributed by atoms with Crippen molar-refractivity contribution in [3.05, 3.63) is 42.5 Å². The van der Waals surface area contributed by atoms with Gasteiger partial charge in [0, 0.05) is 47.2 Å². The molecule has 0 saturated carbocycles. The molecule has 0 heterocycles. The Labute approximate surface area is 215 Å². The summed E-state index contributed by atoms with van der Waals surface area (Å²) < 4.78 is 44.6. The number of carbonyl (C=O) groups is 1. The van der Waals surface area contributed by atoms with Crippen LogP contribution in [0.25, 0.3) is 0 Å². The van der Waals surface area contributed by atoms with Gasteiger partial charge in [-0.2, -0.15) is 0 Å². The number of rotatable bonds is 21. The number of hydrogen-bond donors (Lipinski definition) is 0. The highest BCUT2D eigenvalue weighted by atomic mass is 16.7. The number of ketones is 1. The molecule has 0 spiro atoms. The fraction of sp³-hybridized carbons (Fsp3) is 0.667. The third-order valence-corrected chi connectivity index (χ3v) is 5.77. The van der Waals surface area contributed by atoms with E-state index in [0.717, 1.165) is 11.3 Å². The molecule has 0 bridgehead atoms. The van der Waals surface area contributed by atoms with Crippen molar-refractivity contribution in [3.8, 4) is 5.75 Å². The van der Waals surface area contributed by atoms with E-state index in [-0.39, 0.29) is 37.5 Å². The van der Waals surface area contributed by atoms with Crippen LogP contribution in [0.2, 0.25) is 0 Å². The maximum atomic E-state index is 12.9. The Morgan fingerprint density at radius 3 is 1.94 bits per heavy atom. The van der Waals surface area contributed by atoms with E-state index in [1.54, 1.807) is 34.5 Å². The molecule has 0 N–H and O–H groups in total. The quantitative estimate of drug-likeness (QED) is 0.180. The van der Waals surface area contributed by atoms with E-state index in [2.05, 4.69) is 6.58 Å². The summed E-state index contributed by atoms with van der Waals surface area (Å²) in [5.74, 6) is 0.467. The van der Waals surface area contributed by atoms with Gasteiger partial charge in [-0.05, 0) is 17.7 Å². The van der Waals surface area contributed by atoms with E-state index in [1.165, 1.54) is 7.11 Å². The predicted octanol–water partition coefficient (Wildman–Crippen LogP) is 3.78. The van der Waals surface area contributed by atoms with E-state index in [1.807, 2.05) is 38.1 Å². The third-order valence-electron chi connectivity index (χ3n) is 5.77. The molecule has 0 amide bonds. The molecular formula is C27H44O9. The van der Waals surface area contributed by atoms with Crippen molar-refractivity contribution in [2.24, 2.45) is 5.92 Å². The number of benzene rings is 1. The molecule has 0 aliphatic rings. The number of Topliss-reactive ketones (excluding diaryl/α,β-unsaturated/α-hetero) is 1. The van der Waals surface area contributed by atoms with E-state index in [4.69, 9.17) is 37.9 Å². The molecule has 0 aliphatic heterocycles. The van der Waals surface area contributed by atoms with Crippen molar-refractivity contribution >= 4 is 5.78 Å². The number of ether oxygens (including phenoxy) is 8. The summed E-state index contributed by atoms with van der Waals surface area (Å²) in [5.41, 5.74) is 0.977. The summed E-state index contributed by atoms with van der Waals surface area (Å²) >= 11 is 0. The molecule has 0 saturated heterocycles. The summed E-state index contributed by atoms with van der Waals surface area (Å²) in [5, 5.41) is 0. The zero-order valence-corrected chi connectivity index (χ0v) is 22.8. The summed E-state index contributed by atoms with van der Waals surface area (Å²) in [6.45, 7) is 7.96. The molecule has 0 fully saturated rings. The molecule has 5 atom stereocenters. The Balaban J connectivity index is 3.13. The fourth-order valence-electron chi connectivity index (χ4n) is 3.71. The van der Waals surface area contributed by atoms with Crippen molar-refractivity contribution in [1.82, 2.24) is 0 Å². The highest BCUT2D eigenvalue weighted by Gasteiger charge is 2.34. The average Bonchev–Trinajstić information content (AvgIpc) is 2.90. The van der Waals surface area contributed by atoms with Gasteiger partial charge in [-0.25, -0.2) is 0 Å². The molecule has 0 unspecified atom stereocenters. The van der Waals surface area contributed by atoms with E-state index in [0.29, 0.717) is 19.4 Å². The van der Waals surface area contributed by atoms with Crippen LogP contribution in [-0.4, -0.2) is 85.4 Å². The zero-order valence-electron chi connectivity index (χ0n) is 22.8. The second kappa shape index (κ2) is 18.4. The SMILES string of the molecule is C=C[C@@H](OCOC)[C@@H](C[C@@H](C[C@@H](OC)[C@@H](OCOC)C(=O)C(C)C)OCc1ccc(OC)cc1)OC. The van der Waals surface area contributed by atoms with E-state index < -0.39 is 18.3 Å². The van der Waals surface area contributed by atoms with Gasteiger partial charge in [-0.15, -0.1) is 6.58 Å². The lowest BCUT2D eigenvalue weighted by Crippen LogP contribution is -2.44. The van der Waals surface area contributed by atoms with Crippen molar-refractivity contribution in [2.75, 3.05) is 49.1 Å². The molecular weight excluding hydrogens is 468 g/mol. The Morgan fingerprint density at radius 2 is 1.44 bits per heavy atom. The molecule has 0 aliphatic carbocycles. The Bertz CT molecular complexity index is 722. The van der Waals surface area contributed by atoms with Crippen LogP contribution in [0, 0.1) is 5.92 Å². The summed E-state index contributed by atoms with van der Waals surface area (Å²) in [6.07, 6.45) is 0.0143. The van der Waals surface area contributed by atoms with Crippen LogP contribution >= 0.6 is 0 Å². The molecule has 1 aromatic carbocycles. The minimum Gasteiger partial charge on any atom is -0.497 e. The first-order valence-electron chi connectivity index (χ1n) is 12.0. The lowest BCUT2D eigenvalue weighted by atomic mass is 9.94. The average molecular weight is 513 g/mol. The standard InChI is InChI=1S/C27H44O9/c1-9-23(35-17-29-4)24(32-7)14-22(34-16-20-10-12-21(31-6)13-11-20)15-25(33-8)27(36-18-30-5)26(28)19(2)3/h9-13,19,22-25,27H,1,14-18H2,2-8H3/t22-,23+,24+,25+,27+/m0/s1. The van der Waals surface area contributed by atoms with Gasteiger partial charge in [0.05, 0.1) is 32.0 Å². The zero-order chi connectivity index (χ0) is 26.9. The van der Waals surface area contributed by atoms with Gasteiger partial charge in [-0.3, -0.25) is 4.79 Å². The van der Waals surface area contributed by atoms with Gasteiger partial charge in [-0.1, -0.05) is 32.1 Å². The lowest BCUT2D eigenvalue weighted by Gasteiger charge is -2.32. The summed E-state index contributed by atoms with van der Waals surface area (Å²) in [6, 6.07) is 7.65. The fourth-order valence-corrected chi connectivity index (χ4v) is 3.71. The Hall–Kier alpha value is -1.85. The first kappa shape index (κ1) is 32.2. The van der Waals surface area contributed by atoms with Gasteiger partial charge in [0.25, 0.3) is 0 Å². The molecule has 0 aromatic heterocycles. The molecule has 9 heteroatoms. The molecule has 36 heavy (non-hydrogen) atoms. The highest BCUT2D eigenvalue weighted by Crippen LogP contribution is 2.23. The Morgan fingerprint density at radius 1 is 0.861 bits per heavy atom. The minimum atomic E-state index is -0.803. The third kappa shape index (κ3) is 11.0. The van der Waals surface area contributed by atoms with Gasteiger partial charge in [0.1, 0.15) is 31.5 Å². The summed E-state index contributed by atoms with van der Waals surface area (Å²) in [7, 11) is 7.86. The monoisotopic (exact) mass is 512 g/mol. The number of hydrogen-bond acceptors (Lipinski definition) is 9. The molecule has 9 nitrogen and oxygen atoms in total. The normalized spacial score (nSPS) is 15.8. The molecule has 206 valence electrons. The van der Waals surface area contributed by atoms with Crippen molar-refractivity contribution in [2.45, 2.75) is 63.8 Å². The maximum Gasteiger partial charge on any atom is 0.166 e. The van der Waals surface area contributed by atoms with E-state index in [9.17, 15) is 4.79 Å².